The van der Waals surface area contributed by atoms with Gasteiger partial charge in [0.1, 0.15) is 5.69 Å². The first-order valence-electron chi connectivity index (χ1n) is 5.10. The van der Waals surface area contributed by atoms with E-state index < -0.39 is 0 Å². The summed E-state index contributed by atoms with van der Waals surface area (Å²) >= 11 is 4.95. The van der Waals surface area contributed by atoms with Crippen LogP contribution < -0.4 is 5.32 Å². The van der Waals surface area contributed by atoms with Crippen LogP contribution in [-0.4, -0.2) is 10.9 Å². The van der Waals surface area contributed by atoms with E-state index in [1.165, 1.54) is 10.4 Å². The Bertz CT molecular complexity index is 539. The molecule has 1 amide bonds. The summed E-state index contributed by atoms with van der Waals surface area (Å²) in [5, 5.41) is 4.88. The number of rotatable bonds is 3. The molecule has 2 aromatic heterocycles. The number of carbonyl (C=O) groups excluding carboxylic acids is 1. The maximum Gasteiger partial charge on any atom is 0.271 e. The quantitative estimate of drug-likeness (QED) is 0.946. The minimum Gasteiger partial charge on any atom is -0.346 e. The molecule has 2 aromatic rings. The van der Waals surface area contributed by atoms with Crippen LogP contribution in [0, 0.1) is 6.92 Å². The maximum atomic E-state index is 11.9. The first kappa shape index (κ1) is 12.3. The van der Waals surface area contributed by atoms with Gasteiger partial charge < -0.3 is 5.32 Å². The molecule has 0 radical (unpaired) electrons. The molecule has 0 atom stereocenters. The molecule has 0 fully saturated rings. The highest BCUT2D eigenvalue weighted by Gasteiger charge is 2.11. The SMILES string of the molecule is Cc1ccsc1CNC(=O)c1ncccc1Br. The number of amides is 1. The van der Waals surface area contributed by atoms with Gasteiger partial charge in [0.05, 0.1) is 6.54 Å². The van der Waals surface area contributed by atoms with Crippen LogP contribution in [0.15, 0.2) is 34.2 Å². The molecule has 0 unspecified atom stereocenters. The lowest BCUT2D eigenvalue weighted by atomic mass is 10.3. The Balaban J connectivity index is 2.04. The third-order valence-corrected chi connectivity index (χ3v) is 4.01. The lowest BCUT2D eigenvalue weighted by Crippen LogP contribution is -2.24. The van der Waals surface area contributed by atoms with Crippen molar-refractivity contribution in [2.75, 3.05) is 0 Å². The highest BCUT2D eigenvalue weighted by molar-refractivity contribution is 9.10. The second-order valence-corrected chi connectivity index (χ2v) is 5.40. The van der Waals surface area contributed by atoms with Crippen LogP contribution >= 0.6 is 27.3 Å². The third-order valence-electron chi connectivity index (χ3n) is 2.35. The number of aromatic nitrogens is 1. The normalized spacial score (nSPS) is 10.2. The lowest BCUT2D eigenvalue weighted by Gasteiger charge is -2.05. The highest BCUT2D eigenvalue weighted by Crippen LogP contribution is 2.16. The van der Waals surface area contributed by atoms with Gasteiger partial charge in [-0.1, -0.05) is 0 Å². The van der Waals surface area contributed by atoms with Crippen molar-refractivity contribution >= 4 is 33.2 Å². The average molecular weight is 311 g/mol. The minimum atomic E-state index is -0.162. The molecule has 3 nitrogen and oxygen atoms in total. The second kappa shape index (κ2) is 5.42. The van der Waals surface area contributed by atoms with E-state index in [4.69, 9.17) is 0 Å². The van der Waals surface area contributed by atoms with Crippen LogP contribution in [0.1, 0.15) is 20.9 Å². The maximum absolute atomic E-state index is 11.9. The molecule has 0 bridgehead atoms. The molecule has 17 heavy (non-hydrogen) atoms. The number of nitrogens with zero attached hydrogens (tertiary/aromatic N) is 1. The molecule has 5 heteroatoms. The van der Waals surface area contributed by atoms with Gasteiger partial charge in [0.25, 0.3) is 5.91 Å². The Hall–Kier alpha value is -1.20. The molecule has 0 aliphatic carbocycles. The van der Waals surface area contributed by atoms with Gasteiger partial charge in [-0.2, -0.15) is 0 Å². The predicted molar refractivity (Wildman–Crippen MR) is 72.2 cm³/mol. The van der Waals surface area contributed by atoms with E-state index in [0.29, 0.717) is 16.7 Å². The van der Waals surface area contributed by atoms with E-state index in [9.17, 15) is 4.79 Å². The lowest BCUT2D eigenvalue weighted by molar-refractivity contribution is 0.0945. The van der Waals surface area contributed by atoms with Gasteiger partial charge in [0.2, 0.25) is 0 Å². The van der Waals surface area contributed by atoms with Crippen LogP contribution in [0.5, 0.6) is 0 Å². The van der Waals surface area contributed by atoms with E-state index >= 15 is 0 Å². The van der Waals surface area contributed by atoms with Crippen molar-refractivity contribution in [1.82, 2.24) is 10.3 Å². The van der Waals surface area contributed by atoms with Gasteiger partial charge >= 0.3 is 0 Å². The molecule has 2 heterocycles. The Morgan fingerprint density at radius 3 is 3.00 bits per heavy atom. The van der Waals surface area contributed by atoms with Crippen molar-refractivity contribution in [3.63, 3.8) is 0 Å². The summed E-state index contributed by atoms with van der Waals surface area (Å²) in [6, 6.07) is 5.63. The number of pyridine rings is 1. The Morgan fingerprint density at radius 2 is 2.35 bits per heavy atom. The number of hydrogen-bond donors (Lipinski definition) is 1. The first-order valence-corrected chi connectivity index (χ1v) is 6.77. The second-order valence-electron chi connectivity index (χ2n) is 3.54. The number of thiophene rings is 1. The first-order chi connectivity index (χ1) is 8.18. The Morgan fingerprint density at radius 1 is 1.53 bits per heavy atom. The fourth-order valence-electron chi connectivity index (χ4n) is 1.38. The average Bonchev–Trinajstić information content (AvgIpc) is 2.72. The van der Waals surface area contributed by atoms with Crippen molar-refractivity contribution < 1.29 is 4.79 Å². The zero-order valence-corrected chi connectivity index (χ0v) is 11.6. The molecule has 0 aliphatic rings. The summed E-state index contributed by atoms with van der Waals surface area (Å²) in [6.45, 7) is 2.58. The molecule has 0 aliphatic heterocycles. The van der Waals surface area contributed by atoms with E-state index in [-0.39, 0.29) is 5.91 Å². The van der Waals surface area contributed by atoms with Crippen molar-refractivity contribution in [2.45, 2.75) is 13.5 Å². The van der Waals surface area contributed by atoms with Gasteiger partial charge in [0, 0.05) is 15.5 Å². The minimum absolute atomic E-state index is 0.162. The summed E-state index contributed by atoms with van der Waals surface area (Å²) < 4.78 is 0.709. The van der Waals surface area contributed by atoms with Gasteiger partial charge in [-0.25, -0.2) is 4.98 Å². The number of halogens is 1. The third kappa shape index (κ3) is 2.92. The molecular weight excluding hydrogens is 300 g/mol. The summed E-state index contributed by atoms with van der Waals surface area (Å²) in [7, 11) is 0. The van der Waals surface area contributed by atoms with Gasteiger partial charge in [-0.3, -0.25) is 4.79 Å². The summed E-state index contributed by atoms with van der Waals surface area (Å²) in [5.74, 6) is -0.162. The molecule has 0 spiro atoms. The number of carbonyl (C=O) groups is 1. The van der Waals surface area contributed by atoms with Crippen LogP contribution in [0.3, 0.4) is 0 Å². The zero-order chi connectivity index (χ0) is 12.3. The van der Waals surface area contributed by atoms with Crippen molar-refractivity contribution in [2.24, 2.45) is 0 Å². The van der Waals surface area contributed by atoms with E-state index in [2.05, 4.69) is 26.2 Å². The van der Waals surface area contributed by atoms with Gasteiger partial charge in [-0.15, -0.1) is 11.3 Å². The Kier molecular flexibility index (Phi) is 3.91. The Labute approximate surface area is 112 Å². The molecule has 2 rings (SSSR count). The molecule has 88 valence electrons. The number of aryl methyl sites for hydroxylation is 1. The standard InChI is InChI=1S/C12H11BrN2OS/c1-8-4-6-17-10(8)7-15-12(16)11-9(13)3-2-5-14-11/h2-6H,7H2,1H3,(H,15,16). The van der Waals surface area contributed by atoms with E-state index in [1.54, 1.807) is 29.7 Å². The van der Waals surface area contributed by atoms with E-state index in [1.807, 2.05) is 18.4 Å². The predicted octanol–water partition coefficient (Wildman–Crippen LogP) is 3.14. The van der Waals surface area contributed by atoms with Crippen LogP contribution in [0.25, 0.3) is 0 Å². The fraction of sp³-hybridized carbons (Fsp3) is 0.167. The van der Waals surface area contributed by atoms with Crippen molar-refractivity contribution in [3.8, 4) is 0 Å². The summed E-state index contributed by atoms with van der Waals surface area (Å²) in [6.07, 6.45) is 1.61. The van der Waals surface area contributed by atoms with Crippen molar-refractivity contribution in [1.29, 1.82) is 0 Å². The fourth-order valence-corrected chi connectivity index (χ4v) is 2.66. The smallest absolute Gasteiger partial charge is 0.271 e. The molecule has 0 aromatic carbocycles. The molecule has 0 saturated heterocycles. The van der Waals surface area contributed by atoms with Crippen LogP contribution in [0.2, 0.25) is 0 Å². The molecule has 1 N–H and O–H groups in total. The van der Waals surface area contributed by atoms with Crippen LogP contribution in [-0.2, 0) is 6.54 Å². The van der Waals surface area contributed by atoms with Gasteiger partial charge in [-0.05, 0) is 52.0 Å². The van der Waals surface area contributed by atoms with E-state index in [0.717, 1.165) is 0 Å². The van der Waals surface area contributed by atoms with Gasteiger partial charge in [0.15, 0.2) is 0 Å². The molecule has 0 saturated carbocycles. The summed E-state index contributed by atoms with van der Waals surface area (Å²) in [4.78, 5) is 17.1. The topological polar surface area (TPSA) is 42.0 Å². The van der Waals surface area contributed by atoms with Crippen molar-refractivity contribution in [3.05, 3.63) is 50.4 Å². The monoisotopic (exact) mass is 310 g/mol. The number of nitrogens with one attached hydrogen (secondary N) is 1. The zero-order valence-electron chi connectivity index (χ0n) is 9.24. The summed E-state index contributed by atoms with van der Waals surface area (Å²) in [5.41, 5.74) is 1.62. The number of hydrogen-bond acceptors (Lipinski definition) is 3. The highest BCUT2D eigenvalue weighted by atomic mass is 79.9. The largest absolute Gasteiger partial charge is 0.346 e. The molecular formula is C12H11BrN2OS. The van der Waals surface area contributed by atoms with Crippen LogP contribution in [0.4, 0.5) is 0 Å².